The number of carboxylic acids is 1. The number of carboxylic acid groups (broad SMARTS) is 1. The Morgan fingerprint density at radius 2 is 1.67 bits per heavy atom. The van der Waals surface area contributed by atoms with E-state index in [4.69, 9.17) is 6.42 Å². The molecule has 0 atom stereocenters. The molecule has 3 heteroatoms. The minimum Gasteiger partial charge on any atom is -0.478 e. The molecule has 3 nitrogen and oxygen atoms in total. The quantitative estimate of drug-likeness (QED) is 0.514. The SMILES string of the molecule is C#Cc1ccc(C(=O)O)c(-c2cccc3cccnc23)c1-c1ccccc1. The predicted molar refractivity (Wildman–Crippen MR) is 108 cm³/mol. The molecule has 3 aromatic carbocycles. The highest BCUT2D eigenvalue weighted by Crippen LogP contribution is 2.40. The highest BCUT2D eigenvalue weighted by molar-refractivity contribution is 6.07. The normalized spacial score (nSPS) is 10.5. The van der Waals surface area contributed by atoms with Crippen LogP contribution < -0.4 is 0 Å². The smallest absolute Gasteiger partial charge is 0.336 e. The van der Waals surface area contributed by atoms with Crippen molar-refractivity contribution in [1.82, 2.24) is 4.98 Å². The highest BCUT2D eigenvalue weighted by atomic mass is 16.4. The number of para-hydroxylation sites is 1. The summed E-state index contributed by atoms with van der Waals surface area (Å²) in [6.07, 6.45) is 7.47. The van der Waals surface area contributed by atoms with E-state index in [1.54, 1.807) is 18.3 Å². The Hall–Kier alpha value is -3.90. The molecule has 0 aliphatic heterocycles. The van der Waals surface area contributed by atoms with Gasteiger partial charge in [-0.1, -0.05) is 60.5 Å². The lowest BCUT2D eigenvalue weighted by atomic mass is 9.86. The summed E-state index contributed by atoms with van der Waals surface area (Å²) in [5, 5.41) is 10.8. The Morgan fingerprint density at radius 1 is 0.889 bits per heavy atom. The minimum absolute atomic E-state index is 0.200. The second-order valence-electron chi connectivity index (χ2n) is 6.11. The van der Waals surface area contributed by atoms with Crippen molar-refractivity contribution < 1.29 is 9.90 Å². The fraction of sp³-hybridized carbons (Fsp3) is 0. The van der Waals surface area contributed by atoms with E-state index in [9.17, 15) is 9.90 Å². The fourth-order valence-corrected chi connectivity index (χ4v) is 3.39. The van der Waals surface area contributed by atoms with E-state index in [2.05, 4.69) is 10.9 Å². The lowest BCUT2D eigenvalue weighted by Crippen LogP contribution is -2.03. The van der Waals surface area contributed by atoms with Gasteiger partial charge >= 0.3 is 5.97 Å². The fourth-order valence-electron chi connectivity index (χ4n) is 3.39. The molecule has 0 saturated heterocycles. The molecule has 0 fully saturated rings. The van der Waals surface area contributed by atoms with Crippen LogP contribution in [0.1, 0.15) is 15.9 Å². The molecule has 0 spiro atoms. The molecule has 0 bridgehead atoms. The van der Waals surface area contributed by atoms with E-state index < -0.39 is 5.97 Å². The molecule has 1 N–H and O–H groups in total. The maximum Gasteiger partial charge on any atom is 0.336 e. The molecule has 0 saturated carbocycles. The van der Waals surface area contributed by atoms with Crippen LogP contribution in [0, 0.1) is 12.3 Å². The third kappa shape index (κ3) is 2.84. The summed E-state index contributed by atoms with van der Waals surface area (Å²) < 4.78 is 0. The van der Waals surface area contributed by atoms with E-state index in [-0.39, 0.29) is 5.56 Å². The van der Waals surface area contributed by atoms with Crippen molar-refractivity contribution in [3.63, 3.8) is 0 Å². The largest absolute Gasteiger partial charge is 0.478 e. The van der Waals surface area contributed by atoms with Crippen LogP contribution in [0.15, 0.2) is 79.0 Å². The van der Waals surface area contributed by atoms with Crippen molar-refractivity contribution in [3.8, 4) is 34.6 Å². The van der Waals surface area contributed by atoms with Gasteiger partial charge in [0.2, 0.25) is 0 Å². The number of fused-ring (bicyclic) bond motifs is 1. The van der Waals surface area contributed by atoms with Gasteiger partial charge in [0.25, 0.3) is 0 Å². The minimum atomic E-state index is -1.00. The second-order valence-corrected chi connectivity index (χ2v) is 6.11. The summed E-state index contributed by atoms with van der Waals surface area (Å²) in [6.45, 7) is 0. The van der Waals surface area contributed by atoms with Gasteiger partial charge in [-0.25, -0.2) is 4.79 Å². The maximum absolute atomic E-state index is 12.0. The van der Waals surface area contributed by atoms with Gasteiger partial charge in [-0.15, -0.1) is 6.42 Å². The third-order valence-electron chi connectivity index (χ3n) is 4.56. The number of terminal acetylenes is 1. The van der Waals surface area contributed by atoms with Gasteiger partial charge in [0.1, 0.15) is 0 Å². The molecule has 0 aliphatic carbocycles. The number of aromatic carboxylic acids is 1. The van der Waals surface area contributed by atoms with Crippen LogP contribution in [0.25, 0.3) is 33.2 Å². The van der Waals surface area contributed by atoms with Crippen molar-refractivity contribution in [3.05, 3.63) is 90.1 Å². The first kappa shape index (κ1) is 16.6. The Kier molecular flexibility index (Phi) is 4.16. The van der Waals surface area contributed by atoms with Crippen molar-refractivity contribution in [2.45, 2.75) is 0 Å². The van der Waals surface area contributed by atoms with E-state index in [0.717, 1.165) is 27.6 Å². The molecule has 4 rings (SSSR count). The summed E-state index contributed by atoms with van der Waals surface area (Å²) in [5.74, 6) is 1.70. The van der Waals surface area contributed by atoms with Gasteiger partial charge in [0.15, 0.2) is 0 Å². The zero-order chi connectivity index (χ0) is 18.8. The van der Waals surface area contributed by atoms with E-state index in [1.807, 2.05) is 60.7 Å². The number of pyridine rings is 1. The van der Waals surface area contributed by atoms with Crippen LogP contribution in [0.4, 0.5) is 0 Å². The van der Waals surface area contributed by atoms with Gasteiger partial charge in [0, 0.05) is 33.8 Å². The lowest BCUT2D eigenvalue weighted by molar-refractivity contribution is 0.0698. The number of hydrogen-bond acceptors (Lipinski definition) is 2. The maximum atomic E-state index is 12.0. The molecule has 0 radical (unpaired) electrons. The lowest BCUT2D eigenvalue weighted by Gasteiger charge is -2.17. The monoisotopic (exact) mass is 349 g/mol. The molecular weight excluding hydrogens is 334 g/mol. The first-order valence-corrected chi connectivity index (χ1v) is 8.47. The number of rotatable bonds is 3. The number of benzene rings is 3. The average molecular weight is 349 g/mol. The molecule has 0 amide bonds. The Balaban J connectivity index is 2.19. The van der Waals surface area contributed by atoms with Crippen LogP contribution in [0.2, 0.25) is 0 Å². The summed E-state index contributed by atoms with van der Waals surface area (Å²) >= 11 is 0. The molecule has 1 heterocycles. The summed E-state index contributed by atoms with van der Waals surface area (Å²) in [5.41, 5.74) is 4.54. The van der Waals surface area contributed by atoms with E-state index >= 15 is 0 Å². The van der Waals surface area contributed by atoms with Crippen LogP contribution in [0.3, 0.4) is 0 Å². The first-order valence-electron chi connectivity index (χ1n) is 8.47. The number of nitrogens with zero attached hydrogens (tertiary/aromatic N) is 1. The number of carbonyl (C=O) groups is 1. The standard InChI is InChI=1S/C24H15NO2/c1-2-16-13-14-20(24(26)27)22(21(16)17-8-4-3-5-9-17)19-12-6-10-18-11-7-15-25-23(18)19/h1,3-15H,(H,26,27). The zero-order valence-electron chi connectivity index (χ0n) is 14.4. The van der Waals surface area contributed by atoms with Gasteiger partial charge in [0.05, 0.1) is 11.1 Å². The van der Waals surface area contributed by atoms with Crippen LogP contribution in [-0.2, 0) is 0 Å². The number of aromatic nitrogens is 1. The zero-order valence-corrected chi connectivity index (χ0v) is 14.4. The van der Waals surface area contributed by atoms with E-state index in [1.165, 1.54) is 0 Å². The third-order valence-corrected chi connectivity index (χ3v) is 4.56. The van der Waals surface area contributed by atoms with Gasteiger partial charge in [-0.3, -0.25) is 4.98 Å². The molecular formula is C24H15NO2. The predicted octanol–water partition coefficient (Wildman–Crippen LogP) is 5.25. The van der Waals surface area contributed by atoms with Crippen molar-refractivity contribution >= 4 is 16.9 Å². The first-order chi connectivity index (χ1) is 13.2. The number of hydrogen-bond donors (Lipinski definition) is 1. The van der Waals surface area contributed by atoms with E-state index in [0.29, 0.717) is 11.1 Å². The molecule has 128 valence electrons. The van der Waals surface area contributed by atoms with Gasteiger partial charge < -0.3 is 5.11 Å². The summed E-state index contributed by atoms with van der Waals surface area (Å²) in [4.78, 5) is 16.5. The topological polar surface area (TPSA) is 50.2 Å². The average Bonchev–Trinajstić information content (AvgIpc) is 2.72. The van der Waals surface area contributed by atoms with Gasteiger partial charge in [-0.05, 0) is 23.8 Å². The summed E-state index contributed by atoms with van der Waals surface area (Å²) in [7, 11) is 0. The molecule has 4 aromatic rings. The molecule has 0 aliphatic rings. The Bertz CT molecular complexity index is 1200. The molecule has 0 unspecified atom stereocenters. The highest BCUT2D eigenvalue weighted by Gasteiger charge is 2.21. The van der Waals surface area contributed by atoms with Crippen molar-refractivity contribution in [2.24, 2.45) is 0 Å². The second kappa shape index (κ2) is 6.78. The van der Waals surface area contributed by atoms with Crippen LogP contribution >= 0.6 is 0 Å². The Labute approximate surface area is 156 Å². The molecule has 1 aromatic heterocycles. The van der Waals surface area contributed by atoms with Crippen LogP contribution in [-0.4, -0.2) is 16.1 Å². The Morgan fingerprint density at radius 3 is 2.41 bits per heavy atom. The molecule has 27 heavy (non-hydrogen) atoms. The summed E-state index contributed by atoms with van der Waals surface area (Å²) in [6, 6.07) is 22.4. The van der Waals surface area contributed by atoms with Crippen molar-refractivity contribution in [2.75, 3.05) is 0 Å². The van der Waals surface area contributed by atoms with Gasteiger partial charge in [-0.2, -0.15) is 0 Å². The van der Waals surface area contributed by atoms with Crippen molar-refractivity contribution in [1.29, 1.82) is 0 Å². The van der Waals surface area contributed by atoms with Crippen LogP contribution in [0.5, 0.6) is 0 Å².